The molecule has 0 fully saturated rings. The Morgan fingerprint density at radius 1 is 1.11 bits per heavy atom. The highest BCUT2D eigenvalue weighted by Gasteiger charge is 2.19. The number of ketones is 1. The van der Waals surface area contributed by atoms with Crippen molar-refractivity contribution < 1.29 is 14.3 Å². The van der Waals surface area contributed by atoms with Gasteiger partial charge in [0.05, 0.1) is 5.69 Å². The second-order valence-electron chi connectivity index (χ2n) is 6.86. The molecule has 0 aliphatic rings. The molecule has 0 bridgehead atoms. The molecule has 0 atom stereocenters. The highest BCUT2D eigenvalue weighted by atomic mass is 16.6. The number of hydrogen-bond donors (Lipinski definition) is 1. The molecule has 1 heterocycles. The third kappa shape index (κ3) is 6.85. The first-order valence-electron chi connectivity index (χ1n) is 9.30. The largest absolute Gasteiger partial charge is 0.444 e. The summed E-state index contributed by atoms with van der Waals surface area (Å²) in [6.07, 6.45) is 1.96. The van der Waals surface area contributed by atoms with Gasteiger partial charge in [0.25, 0.3) is 0 Å². The number of nitrogens with zero attached hydrogens (tertiary/aromatic N) is 1. The maximum Gasteiger partial charge on any atom is 0.412 e. The van der Waals surface area contributed by atoms with Crippen LogP contribution in [0.5, 0.6) is 0 Å². The van der Waals surface area contributed by atoms with Crippen LogP contribution in [0.25, 0.3) is 11.1 Å². The van der Waals surface area contributed by atoms with Crippen LogP contribution in [0.15, 0.2) is 36.5 Å². The lowest BCUT2D eigenvalue weighted by Gasteiger charge is -2.20. The summed E-state index contributed by atoms with van der Waals surface area (Å²) < 4.78 is 5.27. The molecule has 1 aromatic heterocycles. The van der Waals surface area contributed by atoms with Crippen LogP contribution >= 0.6 is 0 Å². The van der Waals surface area contributed by atoms with E-state index in [4.69, 9.17) is 4.74 Å². The molecule has 0 aliphatic heterocycles. The average Bonchev–Trinajstić information content (AvgIpc) is 2.61. The first kappa shape index (κ1) is 22.4. The van der Waals surface area contributed by atoms with E-state index in [-0.39, 0.29) is 11.5 Å². The Labute approximate surface area is 162 Å². The number of rotatable bonds is 4. The van der Waals surface area contributed by atoms with E-state index >= 15 is 0 Å². The number of nitrogens with one attached hydrogen (secondary N) is 1. The van der Waals surface area contributed by atoms with E-state index in [1.165, 1.54) is 12.5 Å². The van der Waals surface area contributed by atoms with Crippen LogP contribution < -0.4 is 5.32 Å². The van der Waals surface area contributed by atoms with Crippen molar-refractivity contribution >= 4 is 17.6 Å². The summed E-state index contributed by atoms with van der Waals surface area (Å²) in [6, 6.07) is 9.83. The van der Waals surface area contributed by atoms with E-state index in [1.807, 2.05) is 26.0 Å². The number of aryl methyl sites for hydroxylation is 1. The Bertz CT molecular complexity index is 792. The van der Waals surface area contributed by atoms with Crippen LogP contribution in [0, 0.1) is 0 Å². The zero-order valence-electron chi connectivity index (χ0n) is 17.3. The zero-order valence-corrected chi connectivity index (χ0v) is 17.3. The molecule has 0 aliphatic carbocycles. The smallest absolute Gasteiger partial charge is 0.412 e. The lowest BCUT2D eigenvalue weighted by Crippen LogP contribution is -2.27. The fraction of sp³-hybridized carbons (Fsp3) is 0.409. The Morgan fingerprint density at radius 2 is 1.78 bits per heavy atom. The van der Waals surface area contributed by atoms with Crippen LogP contribution in [-0.4, -0.2) is 22.5 Å². The average molecular weight is 370 g/mol. The molecule has 1 N–H and O–H groups in total. The van der Waals surface area contributed by atoms with Crippen molar-refractivity contribution in [1.29, 1.82) is 0 Å². The number of amides is 1. The standard InChI is InChI=1S/C20H24N2O3.C2H6/c1-6-14-8-7-9-15(10-14)16-11-17(18(13(2)23)21-12-16)22-19(24)25-20(3,4)5;1-2/h7-12H,6H2,1-5H3,(H,22,24);1-2H3. The molecule has 0 spiro atoms. The minimum absolute atomic E-state index is 0.209. The van der Waals surface area contributed by atoms with Crippen LogP contribution in [0.2, 0.25) is 0 Å². The zero-order chi connectivity index (χ0) is 20.6. The van der Waals surface area contributed by atoms with Gasteiger partial charge in [-0.15, -0.1) is 0 Å². The number of hydrogen-bond acceptors (Lipinski definition) is 4. The summed E-state index contributed by atoms with van der Waals surface area (Å²) in [4.78, 5) is 28.1. The highest BCUT2D eigenvalue weighted by Crippen LogP contribution is 2.26. The molecule has 5 heteroatoms. The Hall–Kier alpha value is -2.69. The number of Topliss-reactive ketones (excluding diaryl/α,β-unsaturated/α-hetero) is 1. The molecule has 146 valence electrons. The first-order chi connectivity index (χ1) is 12.7. The summed E-state index contributed by atoms with van der Waals surface area (Å²) in [5.41, 5.74) is 2.94. The molecule has 1 amide bonds. The van der Waals surface area contributed by atoms with E-state index in [0.717, 1.165) is 17.5 Å². The monoisotopic (exact) mass is 370 g/mol. The molecule has 2 rings (SSSR count). The number of benzene rings is 1. The normalized spacial score (nSPS) is 10.5. The van der Waals surface area contributed by atoms with Gasteiger partial charge in [0.15, 0.2) is 5.78 Å². The predicted molar refractivity (Wildman–Crippen MR) is 110 cm³/mol. The molecule has 1 aromatic carbocycles. The van der Waals surface area contributed by atoms with Crippen LogP contribution in [0.4, 0.5) is 10.5 Å². The van der Waals surface area contributed by atoms with Crippen molar-refractivity contribution in [1.82, 2.24) is 4.98 Å². The molecule has 0 unspecified atom stereocenters. The van der Waals surface area contributed by atoms with Gasteiger partial charge in [-0.05, 0) is 44.4 Å². The van der Waals surface area contributed by atoms with Gasteiger partial charge in [0.2, 0.25) is 0 Å². The Kier molecular flexibility index (Phi) is 8.16. The molecule has 5 nitrogen and oxygen atoms in total. The van der Waals surface area contributed by atoms with Gasteiger partial charge in [-0.1, -0.05) is 45.0 Å². The molecule has 0 saturated carbocycles. The van der Waals surface area contributed by atoms with Gasteiger partial charge in [0.1, 0.15) is 11.3 Å². The Morgan fingerprint density at radius 3 is 2.33 bits per heavy atom. The topological polar surface area (TPSA) is 68.3 Å². The summed E-state index contributed by atoms with van der Waals surface area (Å²) >= 11 is 0. The third-order valence-corrected chi connectivity index (χ3v) is 3.53. The molecular formula is C22H30N2O3. The van der Waals surface area contributed by atoms with Gasteiger partial charge >= 0.3 is 6.09 Å². The number of aromatic nitrogens is 1. The van der Waals surface area contributed by atoms with Crippen molar-refractivity contribution in [2.75, 3.05) is 5.32 Å². The van der Waals surface area contributed by atoms with E-state index in [1.54, 1.807) is 33.0 Å². The number of pyridine rings is 1. The lowest BCUT2D eigenvalue weighted by molar-refractivity contribution is 0.0636. The van der Waals surface area contributed by atoms with Crippen LogP contribution in [0.1, 0.15) is 64.5 Å². The van der Waals surface area contributed by atoms with E-state index < -0.39 is 11.7 Å². The fourth-order valence-electron chi connectivity index (χ4n) is 2.38. The molecule has 2 aromatic rings. The molecular weight excluding hydrogens is 340 g/mol. The van der Waals surface area contributed by atoms with Gasteiger partial charge in [-0.3, -0.25) is 15.1 Å². The summed E-state index contributed by atoms with van der Waals surface area (Å²) in [5, 5.41) is 2.64. The molecule has 0 saturated heterocycles. The number of carbonyl (C=O) groups is 2. The SMILES string of the molecule is CC.CCc1cccc(-c2cnc(C(C)=O)c(NC(=O)OC(C)(C)C)c2)c1. The maximum atomic E-state index is 12.1. The van der Waals surface area contributed by atoms with Gasteiger partial charge in [-0.2, -0.15) is 0 Å². The molecule has 27 heavy (non-hydrogen) atoms. The van der Waals surface area contributed by atoms with Crippen LogP contribution in [0.3, 0.4) is 0 Å². The van der Waals surface area contributed by atoms with Gasteiger partial charge < -0.3 is 4.74 Å². The maximum absolute atomic E-state index is 12.1. The van der Waals surface area contributed by atoms with Crippen molar-refractivity contribution in [3.63, 3.8) is 0 Å². The van der Waals surface area contributed by atoms with Crippen molar-refractivity contribution in [2.45, 2.75) is 60.5 Å². The van der Waals surface area contributed by atoms with E-state index in [0.29, 0.717) is 5.69 Å². The van der Waals surface area contributed by atoms with Crippen molar-refractivity contribution in [2.24, 2.45) is 0 Å². The third-order valence-electron chi connectivity index (χ3n) is 3.53. The van der Waals surface area contributed by atoms with Gasteiger partial charge in [0, 0.05) is 18.7 Å². The second kappa shape index (κ2) is 9.86. The number of anilines is 1. The van der Waals surface area contributed by atoms with E-state index in [9.17, 15) is 9.59 Å². The van der Waals surface area contributed by atoms with Gasteiger partial charge in [-0.25, -0.2) is 4.79 Å². The minimum atomic E-state index is -0.624. The summed E-state index contributed by atoms with van der Waals surface area (Å²) in [5.74, 6) is -0.222. The minimum Gasteiger partial charge on any atom is -0.444 e. The summed E-state index contributed by atoms with van der Waals surface area (Å²) in [6.45, 7) is 12.8. The number of carbonyl (C=O) groups excluding carboxylic acids is 2. The highest BCUT2D eigenvalue weighted by molar-refractivity contribution is 6.01. The number of ether oxygens (including phenoxy) is 1. The first-order valence-corrected chi connectivity index (χ1v) is 9.30. The van der Waals surface area contributed by atoms with E-state index in [2.05, 4.69) is 29.4 Å². The van der Waals surface area contributed by atoms with Crippen molar-refractivity contribution in [3.8, 4) is 11.1 Å². The van der Waals surface area contributed by atoms with Crippen LogP contribution in [-0.2, 0) is 11.2 Å². The predicted octanol–water partition coefficient (Wildman–Crippen LogP) is 5.89. The quantitative estimate of drug-likeness (QED) is 0.682. The van der Waals surface area contributed by atoms with Crippen molar-refractivity contribution in [3.05, 3.63) is 47.8 Å². The lowest BCUT2D eigenvalue weighted by atomic mass is 10.0. The fourth-order valence-corrected chi connectivity index (χ4v) is 2.38. The summed E-state index contributed by atoms with van der Waals surface area (Å²) in [7, 11) is 0. The Balaban J connectivity index is 0.00000176. The second-order valence-corrected chi connectivity index (χ2v) is 6.86. The molecule has 0 radical (unpaired) electrons.